The van der Waals surface area contributed by atoms with E-state index in [1.165, 1.54) is 0 Å². The predicted molar refractivity (Wildman–Crippen MR) is 65.6 cm³/mol. The van der Waals surface area contributed by atoms with Crippen molar-refractivity contribution >= 4 is 23.2 Å². The summed E-state index contributed by atoms with van der Waals surface area (Å²) in [6, 6.07) is 5.43. The molecule has 15 heavy (non-hydrogen) atoms. The molecule has 1 aromatic carbocycles. The monoisotopic (exact) mass is 246 g/mol. The second-order valence-corrected chi connectivity index (χ2v) is 4.74. The van der Waals surface area contributed by atoms with Crippen molar-refractivity contribution in [3.05, 3.63) is 33.8 Å². The highest BCUT2D eigenvalue weighted by Crippen LogP contribution is 2.24. The van der Waals surface area contributed by atoms with Crippen molar-refractivity contribution < 1.29 is 5.11 Å². The molecule has 0 amide bonds. The van der Waals surface area contributed by atoms with Gasteiger partial charge in [0.25, 0.3) is 0 Å². The normalized spacial score (nSPS) is 15.0. The molecule has 84 valence electrons. The average Bonchev–Trinajstić information content (AvgIpc) is 2.22. The highest BCUT2D eigenvalue weighted by Gasteiger charge is 2.14. The van der Waals surface area contributed by atoms with Gasteiger partial charge in [0.05, 0.1) is 6.10 Å². The lowest BCUT2D eigenvalue weighted by atomic mass is 9.94. The molecule has 2 atom stereocenters. The van der Waals surface area contributed by atoms with E-state index in [0.29, 0.717) is 5.02 Å². The van der Waals surface area contributed by atoms with Crippen LogP contribution in [0.4, 0.5) is 0 Å². The molecule has 0 spiro atoms. The number of aliphatic hydroxyl groups excluding tert-OH is 1. The van der Waals surface area contributed by atoms with Crippen molar-refractivity contribution in [3.8, 4) is 0 Å². The smallest absolute Gasteiger partial charge is 0.0566 e. The predicted octanol–water partition coefficient (Wildman–Crippen LogP) is 3.94. The van der Waals surface area contributed by atoms with E-state index in [1.807, 2.05) is 19.9 Å². The van der Waals surface area contributed by atoms with E-state index >= 15 is 0 Å². The Morgan fingerprint density at radius 1 is 1.33 bits per heavy atom. The zero-order valence-corrected chi connectivity index (χ0v) is 10.5. The Labute approximate surface area is 101 Å². The molecule has 1 aromatic rings. The van der Waals surface area contributed by atoms with Crippen LogP contribution in [0.2, 0.25) is 10.0 Å². The fourth-order valence-corrected chi connectivity index (χ4v) is 1.97. The Hall–Kier alpha value is -0.240. The van der Waals surface area contributed by atoms with E-state index in [9.17, 15) is 5.11 Å². The number of rotatable bonds is 4. The van der Waals surface area contributed by atoms with Gasteiger partial charge in [0.15, 0.2) is 0 Å². The minimum Gasteiger partial charge on any atom is -0.393 e. The first-order chi connectivity index (χ1) is 7.04. The van der Waals surface area contributed by atoms with E-state index in [0.717, 1.165) is 23.4 Å². The molecule has 1 N–H and O–H groups in total. The van der Waals surface area contributed by atoms with Crippen molar-refractivity contribution in [1.82, 2.24) is 0 Å². The second kappa shape index (κ2) is 5.74. The minimum atomic E-state index is -0.278. The molecule has 0 aromatic heterocycles. The van der Waals surface area contributed by atoms with Gasteiger partial charge in [0, 0.05) is 10.0 Å². The Bertz CT molecular complexity index is 325. The van der Waals surface area contributed by atoms with Gasteiger partial charge in [-0.2, -0.15) is 0 Å². The molecule has 0 aliphatic carbocycles. The van der Waals surface area contributed by atoms with Gasteiger partial charge in [-0.25, -0.2) is 0 Å². The number of benzene rings is 1. The first-order valence-electron chi connectivity index (χ1n) is 5.16. The SMILES string of the molecule is CCC(O)C(C)Cc1cc(Cl)ccc1Cl. The Morgan fingerprint density at radius 2 is 2.00 bits per heavy atom. The molecule has 0 fully saturated rings. The van der Waals surface area contributed by atoms with E-state index in [4.69, 9.17) is 23.2 Å². The highest BCUT2D eigenvalue weighted by molar-refractivity contribution is 6.33. The summed E-state index contributed by atoms with van der Waals surface area (Å²) in [4.78, 5) is 0. The van der Waals surface area contributed by atoms with Gasteiger partial charge in [-0.3, -0.25) is 0 Å². The molecule has 0 bridgehead atoms. The number of hydrogen-bond donors (Lipinski definition) is 1. The number of aliphatic hydroxyl groups is 1. The lowest BCUT2D eigenvalue weighted by molar-refractivity contribution is 0.113. The second-order valence-electron chi connectivity index (χ2n) is 3.89. The van der Waals surface area contributed by atoms with E-state index in [1.54, 1.807) is 12.1 Å². The summed E-state index contributed by atoms with van der Waals surface area (Å²) in [5.74, 6) is 0.200. The average molecular weight is 247 g/mol. The standard InChI is InChI=1S/C12H16Cl2O/c1-3-12(15)8(2)6-9-7-10(13)4-5-11(9)14/h4-5,7-8,12,15H,3,6H2,1-2H3. The van der Waals surface area contributed by atoms with Crippen LogP contribution in [0.25, 0.3) is 0 Å². The van der Waals surface area contributed by atoms with E-state index in [-0.39, 0.29) is 12.0 Å². The van der Waals surface area contributed by atoms with Gasteiger partial charge in [-0.1, -0.05) is 37.0 Å². The van der Waals surface area contributed by atoms with Gasteiger partial charge in [0.2, 0.25) is 0 Å². The molecule has 0 saturated carbocycles. The summed E-state index contributed by atoms with van der Waals surface area (Å²) in [5, 5.41) is 11.1. The largest absolute Gasteiger partial charge is 0.393 e. The Kier molecular flexibility index (Phi) is 4.91. The summed E-state index contributed by atoms with van der Waals surface area (Å²) >= 11 is 11.9. The summed E-state index contributed by atoms with van der Waals surface area (Å²) in [7, 11) is 0. The fraction of sp³-hybridized carbons (Fsp3) is 0.500. The quantitative estimate of drug-likeness (QED) is 0.854. The van der Waals surface area contributed by atoms with Crippen LogP contribution in [-0.4, -0.2) is 11.2 Å². The van der Waals surface area contributed by atoms with Gasteiger partial charge in [0.1, 0.15) is 0 Å². The number of hydrogen-bond acceptors (Lipinski definition) is 1. The van der Waals surface area contributed by atoms with Crippen molar-refractivity contribution in [2.45, 2.75) is 32.8 Å². The highest BCUT2D eigenvalue weighted by atomic mass is 35.5. The fourth-order valence-electron chi connectivity index (χ4n) is 1.59. The topological polar surface area (TPSA) is 20.2 Å². The zero-order chi connectivity index (χ0) is 11.4. The lowest BCUT2D eigenvalue weighted by Crippen LogP contribution is -2.18. The van der Waals surface area contributed by atoms with Gasteiger partial charge in [-0.15, -0.1) is 0 Å². The first kappa shape index (κ1) is 12.8. The Morgan fingerprint density at radius 3 is 2.60 bits per heavy atom. The van der Waals surface area contributed by atoms with Crippen LogP contribution in [0, 0.1) is 5.92 Å². The van der Waals surface area contributed by atoms with Gasteiger partial charge >= 0.3 is 0 Å². The van der Waals surface area contributed by atoms with Crippen LogP contribution in [-0.2, 0) is 6.42 Å². The molecule has 0 radical (unpaired) electrons. The lowest BCUT2D eigenvalue weighted by Gasteiger charge is -2.17. The molecule has 0 heterocycles. The molecule has 3 heteroatoms. The number of halogens is 2. The molecule has 0 aliphatic rings. The third-order valence-electron chi connectivity index (χ3n) is 2.62. The third kappa shape index (κ3) is 3.67. The summed E-state index contributed by atoms with van der Waals surface area (Å²) in [6.07, 6.45) is 1.24. The molecular formula is C12H16Cl2O. The van der Waals surface area contributed by atoms with Crippen LogP contribution < -0.4 is 0 Å². The zero-order valence-electron chi connectivity index (χ0n) is 9.00. The van der Waals surface area contributed by atoms with Crippen molar-refractivity contribution in [1.29, 1.82) is 0 Å². The molecule has 1 nitrogen and oxygen atoms in total. The first-order valence-corrected chi connectivity index (χ1v) is 5.92. The van der Waals surface area contributed by atoms with Crippen LogP contribution in [0.5, 0.6) is 0 Å². The Balaban J connectivity index is 2.75. The van der Waals surface area contributed by atoms with Crippen LogP contribution in [0.15, 0.2) is 18.2 Å². The summed E-state index contributed by atoms with van der Waals surface area (Å²) < 4.78 is 0. The van der Waals surface area contributed by atoms with Gasteiger partial charge < -0.3 is 5.11 Å². The molecule has 0 saturated heterocycles. The maximum absolute atomic E-state index is 9.67. The van der Waals surface area contributed by atoms with Crippen molar-refractivity contribution in [3.63, 3.8) is 0 Å². The van der Waals surface area contributed by atoms with Crippen molar-refractivity contribution in [2.75, 3.05) is 0 Å². The van der Waals surface area contributed by atoms with Crippen LogP contribution in [0.3, 0.4) is 0 Å². The summed E-state index contributed by atoms with van der Waals surface area (Å²) in [5.41, 5.74) is 1.00. The minimum absolute atomic E-state index is 0.200. The van der Waals surface area contributed by atoms with Gasteiger partial charge in [-0.05, 0) is 42.5 Å². The molecule has 0 aliphatic heterocycles. The third-order valence-corrected chi connectivity index (χ3v) is 3.23. The van der Waals surface area contributed by atoms with Crippen LogP contribution in [0.1, 0.15) is 25.8 Å². The molecule has 1 rings (SSSR count). The molecular weight excluding hydrogens is 231 g/mol. The van der Waals surface area contributed by atoms with Crippen LogP contribution >= 0.6 is 23.2 Å². The molecule has 2 unspecified atom stereocenters. The van der Waals surface area contributed by atoms with E-state index < -0.39 is 0 Å². The van der Waals surface area contributed by atoms with Crippen molar-refractivity contribution in [2.24, 2.45) is 5.92 Å². The summed E-state index contributed by atoms with van der Waals surface area (Å²) in [6.45, 7) is 3.99. The van der Waals surface area contributed by atoms with E-state index in [2.05, 4.69) is 0 Å². The maximum Gasteiger partial charge on any atom is 0.0566 e. The maximum atomic E-state index is 9.67.